The van der Waals surface area contributed by atoms with Gasteiger partial charge in [0.1, 0.15) is 17.9 Å². The Labute approximate surface area is 136 Å². The fourth-order valence-corrected chi connectivity index (χ4v) is 2.61. The Bertz CT molecular complexity index is 500. The number of nitrogens with two attached hydrogens (primary N) is 1. The third-order valence-electron chi connectivity index (χ3n) is 2.63. The van der Waals surface area contributed by atoms with Crippen LogP contribution in [0.1, 0.15) is 27.7 Å². The van der Waals surface area contributed by atoms with Gasteiger partial charge in [-0.25, -0.2) is 4.31 Å². The number of hydrogen-bond acceptors (Lipinski definition) is 6. The molecule has 0 saturated heterocycles. The van der Waals surface area contributed by atoms with Gasteiger partial charge in [0.2, 0.25) is 0 Å². The summed E-state index contributed by atoms with van der Waals surface area (Å²) in [5.74, 6) is -0.450. The van der Waals surface area contributed by atoms with E-state index in [9.17, 15) is 9.59 Å². The zero-order valence-electron chi connectivity index (χ0n) is 13.5. The molecule has 0 spiro atoms. The van der Waals surface area contributed by atoms with Gasteiger partial charge < -0.3 is 10.5 Å². The summed E-state index contributed by atoms with van der Waals surface area (Å²) >= 11 is 1.39. The zero-order valence-corrected chi connectivity index (χ0v) is 14.4. The maximum Gasteiger partial charge on any atom is 0.321 e. The van der Waals surface area contributed by atoms with E-state index in [1.807, 2.05) is 51.1 Å². The molecule has 0 heterocycles. The van der Waals surface area contributed by atoms with Crippen LogP contribution in [0.2, 0.25) is 0 Å². The number of ether oxygens (including phenoxy) is 1. The van der Waals surface area contributed by atoms with Crippen LogP contribution in [-0.2, 0) is 14.3 Å². The fraction of sp³-hybridized carbons (Fsp3) is 0.500. The molecule has 0 aliphatic rings. The highest BCUT2D eigenvalue weighted by atomic mass is 32.2. The first-order valence-electron chi connectivity index (χ1n) is 7.13. The summed E-state index contributed by atoms with van der Waals surface area (Å²) in [4.78, 5) is 24.4. The number of ketones is 1. The molecule has 2 N–H and O–H groups in total. The maximum atomic E-state index is 12.0. The van der Waals surface area contributed by atoms with Crippen LogP contribution in [0.3, 0.4) is 0 Å². The number of hydrogen-bond donors (Lipinski definition) is 1. The van der Waals surface area contributed by atoms with Crippen LogP contribution in [-0.4, -0.2) is 40.8 Å². The number of rotatable bonds is 7. The van der Waals surface area contributed by atoms with Crippen molar-refractivity contribution in [1.82, 2.24) is 4.31 Å². The molecule has 22 heavy (non-hydrogen) atoms. The summed E-state index contributed by atoms with van der Waals surface area (Å²) in [6.07, 6.45) is 0. The highest BCUT2D eigenvalue weighted by molar-refractivity contribution is 7.97. The van der Waals surface area contributed by atoms with Crippen LogP contribution in [0.25, 0.3) is 0 Å². The normalized spacial score (nSPS) is 13.0. The van der Waals surface area contributed by atoms with Crippen LogP contribution in [0.4, 0.5) is 0 Å². The Balaban J connectivity index is 2.73. The fourth-order valence-electron chi connectivity index (χ4n) is 1.63. The Morgan fingerprint density at radius 3 is 2.36 bits per heavy atom. The molecule has 1 rings (SSSR count). The van der Waals surface area contributed by atoms with Gasteiger partial charge in [-0.05, 0) is 51.8 Å². The van der Waals surface area contributed by atoms with E-state index in [1.165, 1.54) is 18.9 Å². The van der Waals surface area contributed by atoms with Crippen LogP contribution < -0.4 is 5.73 Å². The lowest BCUT2D eigenvalue weighted by Gasteiger charge is -2.25. The van der Waals surface area contributed by atoms with E-state index in [2.05, 4.69) is 0 Å². The molecule has 0 amide bonds. The Morgan fingerprint density at radius 2 is 1.86 bits per heavy atom. The quantitative estimate of drug-likeness (QED) is 0.612. The van der Waals surface area contributed by atoms with Gasteiger partial charge in [0.25, 0.3) is 0 Å². The van der Waals surface area contributed by atoms with E-state index < -0.39 is 11.6 Å². The largest absolute Gasteiger partial charge is 0.459 e. The molecule has 1 aromatic rings. The van der Waals surface area contributed by atoms with Gasteiger partial charge in [0, 0.05) is 11.4 Å². The first kappa shape index (κ1) is 18.7. The summed E-state index contributed by atoms with van der Waals surface area (Å²) in [6.45, 7) is 7.26. The van der Waals surface area contributed by atoms with Gasteiger partial charge >= 0.3 is 5.97 Å². The van der Waals surface area contributed by atoms with E-state index in [0.717, 1.165) is 4.90 Å². The second-order valence-electron chi connectivity index (χ2n) is 6.03. The lowest BCUT2D eigenvalue weighted by molar-refractivity contribution is -0.155. The summed E-state index contributed by atoms with van der Waals surface area (Å²) < 4.78 is 7.09. The molecule has 0 aromatic heterocycles. The van der Waals surface area contributed by atoms with Gasteiger partial charge in [-0.3, -0.25) is 9.59 Å². The molecule has 122 valence electrons. The number of nitrogens with zero attached hydrogens (tertiary/aromatic N) is 1. The lowest BCUT2D eigenvalue weighted by atomic mass is 10.2. The van der Waals surface area contributed by atoms with Crippen molar-refractivity contribution in [3.8, 4) is 0 Å². The SMILES string of the molecule is CC(=O)[C@@H](N)CN(CC(=O)OC(C)(C)C)Sc1ccccc1. The molecule has 6 heteroatoms. The number of carbonyl (C=O) groups excluding carboxylic acids is 2. The Kier molecular flexibility index (Phi) is 7.06. The van der Waals surface area contributed by atoms with Gasteiger partial charge in [0.05, 0.1) is 6.04 Å². The maximum absolute atomic E-state index is 12.0. The minimum atomic E-state index is -0.626. The first-order valence-corrected chi connectivity index (χ1v) is 7.90. The summed E-state index contributed by atoms with van der Waals surface area (Å²) in [5, 5.41) is 0. The van der Waals surface area contributed by atoms with Crippen molar-refractivity contribution < 1.29 is 14.3 Å². The molecular weight excluding hydrogens is 300 g/mol. The minimum absolute atomic E-state index is 0.0673. The molecular formula is C16H24N2O3S. The Morgan fingerprint density at radius 1 is 1.27 bits per heavy atom. The van der Waals surface area contributed by atoms with Gasteiger partial charge in [-0.1, -0.05) is 18.2 Å². The third-order valence-corrected chi connectivity index (χ3v) is 3.65. The van der Waals surface area contributed by atoms with E-state index in [0.29, 0.717) is 0 Å². The van der Waals surface area contributed by atoms with Crippen LogP contribution >= 0.6 is 11.9 Å². The van der Waals surface area contributed by atoms with Crippen LogP contribution in [0.15, 0.2) is 35.2 Å². The first-order chi connectivity index (χ1) is 10.2. The molecule has 0 radical (unpaired) electrons. The minimum Gasteiger partial charge on any atom is -0.459 e. The van der Waals surface area contributed by atoms with E-state index in [1.54, 1.807) is 4.31 Å². The van der Waals surface area contributed by atoms with Crippen LogP contribution in [0, 0.1) is 0 Å². The monoisotopic (exact) mass is 324 g/mol. The van der Waals surface area contributed by atoms with Crippen molar-refractivity contribution in [3.05, 3.63) is 30.3 Å². The molecule has 1 atom stereocenters. The molecule has 0 saturated carbocycles. The predicted octanol–water partition coefficient (Wildman–Crippen LogP) is 2.25. The molecule has 0 aliphatic carbocycles. The molecule has 0 bridgehead atoms. The standard InChI is InChI=1S/C16H24N2O3S/c1-12(19)14(17)10-18(11-15(20)21-16(2,3)4)22-13-8-6-5-7-9-13/h5-9,14H,10-11,17H2,1-4H3/t14-/m0/s1. The lowest BCUT2D eigenvalue weighted by Crippen LogP contribution is -2.41. The molecule has 0 fully saturated rings. The highest BCUT2D eigenvalue weighted by Gasteiger charge is 2.22. The van der Waals surface area contributed by atoms with Crippen LogP contribution in [0.5, 0.6) is 0 Å². The molecule has 1 aromatic carbocycles. The van der Waals surface area contributed by atoms with Crippen molar-refractivity contribution >= 4 is 23.7 Å². The molecule has 0 aliphatic heterocycles. The van der Waals surface area contributed by atoms with Crippen molar-refractivity contribution in [1.29, 1.82) is 0 Å². The number of Topliss-reactive ketones (excluding diaryl/α,β-unsaturated/α-hetero) is 1. The van der Waals surface area contributed by atoms with Crippen molar-refractivity contribution in [3.63, 3.8) is 0 Å². The van der Waals surface area contributed by atoms with Crippen molar-refractivity contribution in [2.24, 2.45) is 5.73 Å². The molecule has 0 unspecified atom stereocenters. The van der Waals surface area contributed by atoms with E-state index in [4.69, 9.17) is 10.5 Å². The van der Waals surface area contributed by atoms with Crippen molar-refractivity contribution in [2.45, 2.75) is 44.2 Å². The Hall–Kier alpha value is -1.37. The third kappa shape index (κ3) is 7.59. The summed E-state index contributed by atoms with van der Waals surface area (Å²) in [5.41, 5.74) is 5.28. The number of benzene rings is 1. The average molecular weight is 324 g/mol. The number of esters is 1. The second-order valence-corrected chi connectivity index (χ2v) is 7.20. The number of carbonyl (C=O) groups is 2. The average Bonchev–Trinajstić information content (AvgIpc) is 2.37. The molecule has 5 nitrogen and oxygen atoms in total. The predicted molar refractivity (Wildman–Crippen MR) is 88.4 cm³/mol. The highest BCUT2D eigenvalue weighted by Crippen LogP contribution is 2.22. The van der Waals surface area contributed by atoms with Gasteiger partial charge in [-0.2, -0.15) is 0 Å². The van der Waals surface area contributed by atoms with E-state index in [-0.39, 0.29) is 24.8 Å². The second kappa shape index (κ2) is 8.31. The smallest absolute Gasteiger partial charge is 0.321 e. The van der Waals surface area contributed by atoms with Crippen molar-refractivity contribution in [2.75, 3.05) is 13.1 Å². The zero-order chi connectivity index (χ0) is 16.8. The van der Waals surface area contributed by atoms with Gasteiger partial charge in [0.15, 0.2) is 0 Å². The summed E-state index contributed by atoms with van der Waals surface area (Å²) in [6, 6.07) is 9.00. The van der Waals surface area contributed by atoms with Gasteiger partial charge in [-0.15, -0.1) is 0 Å². The summed E-state index contributed by atoms with van der Waals surface area (Å²) in [7, 11) is 0. The van der Waals surface area contributed by atoms with E-state index >= 15 is 0 Å². The topological polar surface area (TPSA) is 72.6 Å².